The van der Waals surface area contributed by atoms with Crippen molar-refractivity contribution >= 4 is 28.6 Å². The molecule has 6 nitrogen and oxygen atoms in total. The number of thiophene rings is 1. The van der Waals surface area contributed by atoms with E-state index >= 15 is 0 Å². The van der Waals surface area contributed by atoms with Gasteiger partial charge in [0.1, 0.15) is 0 Å². The molecule has 1 aromatic carbocycles. The van der Waals surface area contributed by atoms with E-state index in [1.807, 2.05) is 35.7 Å². The van der Waals surface area contributed by atoms with Crippen molar-refractivity contribution in [3.63, 3.8) is 0 Å². The Morgan fingerprint density at radius 3 is 2.83 bits per heavy atom. The molecule has 7 heteroatoms. The van der Waals surface area contributed by atoms with E-state index < -0.39 is 0 Å². The summed E-state index contributed by atoms with van der Waals surface area (Å²) in [6, 6.07) is 9.73. The van der Waals surface area contributed by atoms with E-state index in [1.165, 1.54) is 0 Å². The van der Waals surface area contributed by atoms with Gasteiger partial charge in [-0.2, -0.15) is 0 Å². The van der Waals surface area contributed by atoms with Crippen molar-refractivity contribution < 1.29 is 4.79 Å². The Bertz CT molecular complexity index is 708. The Labute approximate surface area is 145 Å². The second-order valence-electron chi connectivity index (χ2n) is 5.45. The number of nitrogen functional groups attached to an aromatic ring is 1. The number of benzene rings is 1. The summed E-state index contributed by atoms with van der Waals surface area (Å²) in [6.45, 7) is 0.523. The van der Waals surface area contributed by atoms with Crippen LogP contribution >= 0.6 is 11.3 Å². The molecule has 1 heterocycles. The lowest BCUT2D eigenvalue weighted by Gasteiger charge is -2.10. The van der Waals surface area contributed by atoms with Crippen LogP contribution in [0.15, 0.2) is 40.8 Å². The maximum atomic E-state index is 12.1. The zero-order chi connectivity index (χ0) is 17.2. The Balaban J connectivity index is 1.81. The topological polar surface area (TPSA) is 104 Å². The first-order chi connectivity index (χ1) is 11.7. The number of nitrogens with one attached hydrogen (secondary N) is 1. The van der Waals surface area contributed by atoms with Gasteiger partial charge in [0, 0.05) is 22.8 Å². The van der Waals surface area contributed by atoms with Crippen molar-refractivity contribution in [2.75, 3.05) is 17.6 Å². The molecular weight excluding hydrogens is 322 g/mol. The summed E-state index contributed by atoms with van der Waals surface area (Å²) in [5, 5.41) is 8.41. The fraction of sp³-hybridized carbons (Fsp3) is 0.353. The SMILES string of the molecule is [N-]=[N+]=NCCCCCCC(=O)Nc1cc(-c2cccs2)ccc1N. The average molecular weight is 343 g/mol. The number of azide groups is 1. The molecule has 0 radical (unpaired) electrons. The summed E-state index contributed by atoms with van der Waals surface area (Å²) in [5.74, 6) is -0.0277. The average Bonchev–Trinajstić information content (AvgIpc) is 3.10. The molecule has 1 amide bonds. The van der Waals surface area contributed by atoms with Gasteiger partial charge in [-0.25, -0.2) is 0 Å². The standard InChI is InChI=1S/C17H21N5OS/c18-14-9-8-13(16-6-5-11-24-16)12-15(14)21-17(23)7-3-1-2-4-10-20-22-19/h5-6,8-9,11-12H,1-4,7,10,18H2,(H,21,23). The van der Waals surface area contributed by atoms with Crippen LogP contribution in [0, 0.1) is 0 Å². The molecule has 0 aliphatic carbocycles. The van der Waals surface area contributed by atoms with Gasteiger partial charge in [-0.1, -0.05) is 30.1 Å². The van der Waals surface area contributed by atoms with E-state index in [9.17, 15) is 4.79 Å². The number of amides is 1. The fourth-order valence-corrected chi connectivity index (χ4v) is 3.06. The predicted octanol–water partition coefficient (Wildman–Crippen LogP) is 5.20. The summed E-state index contributed by atoms with van der Waals surface area (Å²) in [6.07, 6.45) is 4.04. The summed E-state index contributed by atoms with van der Waals surface area (Å²) in [4.78, 5) is 15.9. The van der Waals surface area contributed by atoms with Crippen LogP contribution in [-0.4, -0.2) is 12.5 Å². The largest absolute Gasteiger partial charge is 0.397 e. The highest BCUT2D eigenvalue weighted by molar-refractivity contribution is 7.13. The number of nitrogens with two attached hydrogens (primary N) is 1. The molecule has 0 saturated heterocycles. The first-order valence-corrected chi connectivity index (χ1v) is 8.83. The van der Waals surface area contributed by atoms with Gasteiger partial charge in [0.15, 0.2) is 0 Å². The number of carbonyl (C=O) groups excluding carboxylic acids is 1. The molecule has 0 bridgehead atoms. The number of hydrogen-bond acceptors (Lipinski definition) is 4. The normalized spacial score (nSPS) is 10.2. The third kappa shape index (κ3) is 5.61. The van der Waals surface area contributed by atoms with Crippen molar-refractivity contribution in [2.24, 2.45) is 5.11 Å². The molecule has 2 rings (SSSR count). The van der Waals surface area contributed by atoms with Crippen LogP contribution in [0.3, 0.4) is 0 Å². The third-order valence-corrected chi connectivity index (χ3v) is 4.53. The molecule has 0 aliphatic heterocycles. The molecule has 1 aromatic heterocycles. The van der Waals surface area contributed by atoms with Crippen molar-refractivity contribution in [1.82, 2.24) is 0 Å². The number of nitrogens with zero attached hydrogens (tertiary/aromatic N) is 3. The molecule has 0 unspecified atom stereocenters. The van der Waals surface area contributed by atoms with Crippen molar-refractivity contribution in [2.45, 2.75) is 32.1 Å². The van der Waals surface area contributed by atoms with Gasteiger partial charge in [-0.05, 0) is 47.5 Å². The third-order valence-electron chi connectivity index (χ3n) is 3.61. The lowest BCUT2D eigenvalue weighted by atomic mass is 10.1. The Morgan fingerprint density at radius 2 is 2.08 bits per heavy atom. The number of unbranched alkanes of at least 4 members (excludes halogenated alkanes) is 3. The van der Waals surface area contributed by atoms with Crippen LogP contribution in [-0.2, 0) is 4.79 Å². The van der Waals surface area contributed by atoms with Gasteiger partial charge in [0.2, 0.25) is 5.91 Å². The van der Waals surface area contributed by atoms with E-state index in [0.29, 0.717) is 24.3 Å². The minimum absolute atomic E-state index is 0.0277. The van der Waals surface area contributed by atoms with Gasteiger partial charge in [0.05, 0.1) is 11.4 Å². The number of hydrogen-bond donors (Lipinski definition) is 2. The second kappa shape index (κ2) is 9.60. The zero-order valence-corrected chi connectivity index (χ0v) is 14.3. The van der Waals surface area contributed by atoms with Crippen molar-refractivity contribution in [3.05, 3.63) is 46.2 Å². The molecule has 24 heavy (non-hydrogen) atoms. The Hall–Kier alpha value is -2.50. The van der Waals surface area contributed by atoms with Gasteiger partial charge >= 0.3 is 0 Å². The molecular formula is C17H21N5OS. The van der Waals surface area contributed by atoms with E-state index in [0.717, 1.165) is 36.1 Å². The smallest absolute Gasteiger partial charge is 0.224 e. The number of rotatable bonds is 9. The maximum absolute atomic E-state index is 12.1. The minimum Gasteiger partial charge on any atom is -0.397 e. The van der Waals surface area contributed by atoms with Crippen molar-refractivity contribution in [1.29, 1.82) is 0 Å². The van der Waals surface area contributed by atoms with Crippen LogP contribution in [0.5, 0.6) is 0 Å². The summed E-state index contributed by atoms with van der Waals surface area (Å²) < 4.78 is 0. The molecule has 0 aliphatic rings. The Kier molecular flexibility index (Phi) is 7.14. The van der Waals surface area contributed by atoms with E-state index in [4.69, 9.17) is 11.3 Å². The summed E-state index contributed by atoms with van der Waals surface area (Å²) in [5.41, 5.74) is 16.4. The lowest BCUT2D eigenvalue weighted by molar-refractivity contribution is -0.116. The van der Waals surface area contributed by atoms with Crippen LogP contribution in [0.4, 0.5) is 11.4 Å². The quantitative estimate of drug-likeness (QED) is 0.215. The second-order valence-corrected chi connectivity index (χ2v) is 6.39. The molecule has 0 fully saturated rings. The highest BCUT2D eigenvalue weighted by atomic mass is 32.1. The molecule has 3 N–H and O–H groups in total. The summed E-state index contributed by atoms with van der Waals surface area (Å²) in [7, 11) is 0. The Morgan fingerprint density at radius 1 is 1.25 bits per heavy atom. The van der Waals surface area contributed by atoms with E-state index in [2.05, 4.69) is 15.3 Å². The molecule has 0 saturated carbocycles. The minimum atomic E-state index is -0.0277. The van der Waals surface area contributed by atoms with Crippen LogP contribution in [0.25, 0.3) is 20.9 Å². The van der Waals surface area contributed by atoms with Gasteiger partial charge < -0.3 is 11.1 Å². The van der Waals surface area contributed by atoms with E-state index in [1.54, 1.807) is 11.3 Å². The first-order valence-electron chi connectivity index (χ1n) is 7.95. The van der Waals surface area contributed by atoms with E-state index in [-0.39, 0.29) is 5.91 Å². The highest BCUT2D eigenvalue weighted by Gasteiger charge is 2.08. The fourth-order valence-electron chi connectivity index (χ4n) is 2.34. The van der Waals surface area contributed by atoms with Crippen molar-refractivity contribution in [3.8, 4) is 10.4 Å². The maximum Gasteiger partial charge on any atom is 0.224 e. The molecule has 0 spiro atoms. The number of carbonyl (C=O) groups is 1. The predicted molar refractivity (Wildman–Crippen MR) is 99.9 cm³/mol. The van der Waals surface area contributed by atoms with Crippen LogP contribution < -0.4 is 11.1 Å². The molecule has 126 valence electrons. The van der Waals surface area contributed by atoms with Crippen LogP contribution in [0.2, 0.25) is 0 Å². The summed E-state index contributed by atoms with van der Waals surface area (Å²) >= 11 is 1.65. The number of anilines is 2. The monoisotopic (exact) mass is 343 g/mol. The molecule has 2 aromatic rings. The molecule has 0 atom stereocenters. The van der Waals surface area contributed by atoms with Gasteiger partial charge in [0.25, 0.3) is 0 Å². The van der Waals surface area contributed by atoms with Gasteiger partial charge in [-0.15, -0.1) is 11.3 Å². The lowest BCUT2D eigenvalue weighted by Crippen LogP contribution is -2.12. The van der Waals surface area contributed by atoms with Crippen LogP contribution in [0.1, 0.15) is 32.1 Å². The highest BCUT2D eigenvalue weighted by Crippen LogP contribution is 2.30. The van der Waals surface area contributed by atoms with Gasteiger partial charge in [-0.3, -0.25) is 4.79 Å². The first kappa shape index (κ1) is 17.8. The zero-order valence-electron chi connectivity index (χ0n) is 13.4.